The molecule has 1 amide bonds. The zero-order valence-corrected chi connectivity index (χ0v) is 17.9. The molecule has 1 aromatic heterocycles. The summed E-state index contributed by atoms with van der Waals surface area (Å²) in [6.07, 6.45) is 1.80. The number of pyridine rings is 1. The van der Waals surface area contributed by atoms with Crippen LogP contribution >= 0.6 is 0 Å². The molecule has 32 heavy (non-hydrogen) atoms. The number of amides is 1. The Morgan fingerprint density at radius 3 is 2.53 bits per heavy atom. The highest BCUT2D eigenvalue weighted by Gasteiger charge is 2.20. The average molecular weight is 441 g/mol. The number of carbonyl (C=O) groups excluding carboxylic acids is 1. The van der Waals surface area contributed by atoms with Crippen molar-refractivity contribution in [3.05, 3.63) is 72.2 Å². The summed E-state index contributed by atoms with van der Waals surface area (Å²) in [6, 6.07) is 14.1. The van der Waals surface area contributed by atoms with Gasteiger partial charge in [0.25, 0.3) is 0 Å². The van der Waals surface area contributed by atoms with E-state index in [0.717, 1.165) is 0 Å². The first-order valence-electron chi connectivity index (χ1n) is 10.0. The largest absolute Gasteiger partial charge is 0.497 e. The van der Waals surface area contributed by atoms with Gasteiger partial charge in [0.1, 0.15) is 28.8 Å². The van der Waals surface area contributed by atoms with Crippen LogP contribution < -0.4 is 19.1 Å². The van der Waals surface area contributed by atoms with Crippen molar-refractivity contribution in [3.8, 4) is 23.1 Å². The number of ether oxygens (including phenoxy) is 3. The van der Waals surface area contributed by atoms with E-state index in [2.05, 4.69) is 4.98 Å². The van der Waals surface area contributed by atoms with Gasteiger partial charge in [0.2, 0.25) is 11.8 Å². The lowest BCUT2D eigenvalue weighted by Crippen LogP contribution is -2.28. The van der Waals surface area contributed by atoms with Gasteiger partial charge in [0.05, 0.1) is 26.9 Å². The number of rotatable bonds is 10. The Labute approximate surface area is 185 Å². The second kappa shape index (κ2) is 11.1. The van der Waals surface area contributed by atoms with Crippen LogP contribution in [0.5, 0.6) is 23.1 Å². The molecule has 0 saturated heterocycles. The van der Waals surface area contributed by atoms with Crippen LogP contribution in [-0.2, 0) is 11.3 Å². The summed E-state index contributed by atoms with van der Waals surface area (Å²) in [4.78, 5) is 18.3. The molecule has 0 N–H and O–H groups in total. The molecular weight excluding hydrogens is 417 g/mol. The first kappa shape index (κ1) is 23.0. The monoisotopic (exact) mass is 441 g/mol. The topological polar surface area (TPSA) is 60.9 Å². The molecule has 0 aliphatic heterocycles. The highest BCUT2D eigenvalue weighted by atomic mass is 19.1. The van der Waals surface area contributed by atoms with Crippen LogP contribution in [0.25, 0.3) is 0 Å². The van der Waals surface area contributed by atoms with Gasteiger partial charge in [-0.3, -0.25) is 9.18 Å². The lowest BCUT2D eigenvalue weighted by atomic mass is 10.1. The van der Waals surface area contributed by atoms with Crippen molar-refractivity contribution in [1.82, 2.24) is 4.98 Å². The number of aromatic nitrogens is 1. The maximum absolute atomic E-state index is 13.2. The van der Waals surface area contributed by atoms with E-state index < -0.39 is 6.67 Å². The predicted molar refractivity (Wildman–Crippen MR) is 117 cm³/mol. The van der Waals surface area contributed by atoms with Gasteiger partial charge in [-0.2, -0.15) is 0 Å². The van der Waals surface area contributed by atoms with Gasteiger partial charge in [-0.1, -0.05) is 0 Å². The number of halogens is 2. The van der Waals surface area contributed by atoms with Gasteiger partial charge in [-0.05, 0) is 54.6 Å². The maximum Gasteiger partial charge on any atom is 0.243 e. The molecule has 168 valence electrons. The van der Waals surface area contributed by atoms with Crippen molar-refractivity contribution in [2.24, 2.45) is 0 Å². The van der Waals surface area contributed by atoms with Crippen molar-refractivity contribution < 1.29 is 27.8 Å². The smallest absolute Gasteiger partial charge is 0.243 e. The second-order valence-electron chi connectivity index (χ2n) is 6.85. The Kier molecular flexibility index (Phi) is 7.96. The normalized spacial score (nSPS) is 10.5. The zero-order chi connectivity index (χ0) is 22.9. The summed E-state index contributed by atoms with van der Waals surface area (Å²) in [5.74, 6) is 1.05. The molecule has 0 aliphatic rings. The highest BCUT2D eigenvalue weighted by Crippen LogP contribution is 2.33. The molecule has 8 heteroatoms. The Balaban J connectivity index is 1.93. The average Bonchev–Trinajstić information content (AvgIpc) is 2.80. The molecule has 0 radical (unpaired) electrons. The van der Waals surface area contributed by atoms with Crippen molar-refractivity contribution in [2.75, 3.05) is 25.3 Å². The number of methoxy groups -OCH3 is 1. The summed E-state index contributed by atoms with van der Waals surface area (Å²) in [5.41, 5.74) is 1.11. The molecular formula is C24H24F2N2O4. The van der Waals surface area contributed by atoms with Crippen molar-refractivity contribution in [2.45, 2.75) is 19.9 Å². The highest BCUT2D eigenvalue weighted by molar-refractivity contribution is 5.92. The third kappa shape index (κ3) is 5.94. The number of hydrogen-bond donors (Lipinski definition) is 0. The number of carbonyl (C=O) groups is 1. The van der Waals surface area contributed by atoms with Gasteiger partial charge >= 0.3 is 0 Å². The van der Waals surface area contributed by atoms with E-state index in [9.17, 15) is 13.6 Å². The third-order valence-electron chi connectivity index (χ3n) is 4.58. The van der Waals surface area contributed by atoms with E-state index >= 15 is 0 Å². The Hall–Kier alpha value is -3.68. The van der Waals surface area contributed by atoms with Gasteiger partial charge < -0.3 is 19.1 Å². The van der Waals surface area contributed by atoms with Crippen LogP contribution in [-0.4, -0.2) is 31.3 Å². The van der Waals surface area contributed by atoms with Gasteiger partial charge in [0, 0.05) is 25.1 Å². The number of benzene rings is 2. The molecule has 6 nitrogen and oxygen atoms in total. The molecule has 2 aromatic carbocycles. The number of anilines is 1. The lowest BCUT2D eigenvalue weighted by molar-refractivity contribution is -0.116. The molecule has 1 heterocycles. The molecule has 0 saturated carbocycles. The summed E-state index contributed by atoms with van der Waals surface area (Å²) in [6.45, 7) is 1.30. The van der Waals surface area contributed by atoms with Gasteiger partial charge in [-0.25, -0.2) is 9.37 Å². The van der Waals surface area contributed by atoms with Crippen molar-refractivity contribution in [1.29, 1.82) is 0 Å². The van der Waals surface area contributed by atoms with Crippen LogP contribution in [0.3, 0.4) is 0 Å². The zero-order valence-electron chi connectivity index (χ0n) is 17.9. The van der Waals surface area contributed by atoms with E-state index in [1.165, 1.54) is 42.3 Å². The van der Waals surface area contributed by atoms with Crippen molar-refractivity contribution in [3.63, 3.8) is 0 Å². The molecule has 0 aliphatic carbocycles. The fourth-order valence-corrected chi connectivity index (χ4v) is 3.00. The molecule has 0 unspecified atom stereocenters. The van der Waals surface area contributed by atoms with Gasteiger partial charge in [0.15, 0.2) is 0 Å². The first-order valence-corrected chi connectivity index (χ1v) is 10.0. The second-order valence-corrected chi connectivity index (χ2v) is 6.85. The fourth-order valence-electron chi connectivity index (χ4n) is 3.00. The number of nitrogens with zero attached hydrogens (tertiary/aromatic N) is 2. The minimum absolute atomic E-state index is 0.142. The molecule has 3 rings (SSSR count). The Bertz CT molecular complexity index is 1040. The maximum atomic E-state index is 13.2. The van der Waals surface area contributed by atoms with E-state index in [4.69, 9.17) is 14.2 Å². The predicted octanol–water partition coefficient (Wildman–Crippen LogP) is 5.31. The summed E-state index contributed by atoms with van der Waals surface area (Å²) in [7, 11) is 1.54. The van der Waals surface area contributed by atoms with Crippen LogP contribution in [0.4, 0.5) is 14.5 Å². The van der Waals surface area contributed by atoms with Gasteiger partial charge in [-0.15, -0.1) is 0 Å². The van der Waals surface area contributed by atoms with E-state index in [1.54, 1.807) is 37.4 Å². The summed E-state index contributed by atoms with van der Waals surface area (Å²) < 4.78 is 42.6. The van der Waals surface area contributed by atoms with E-state index in [1.807, 2.05) is 0 Å². The van der Waals surface area contributed by atoms with Crippen molar-refractivity contribution >= 4 is 11.6 Å². The quantitative estimate of drug-likeness (QED) is 0.399. The molecule has 0 spiro atoms. The standard InChI is InChI=1S/C24H24F2N2O4/c1-17(29)28(16-18-15-21(30-2)10-11-23(18)31-14-4-12-25)22-5-3-13-27-24(22)32-20-8-6-19(26)7-9-20/h3,5-11,13,15H,4,12,14,16H2,1-2H3/i25-1. The van der Waals surface area contributed by atoms with Crippen LogP contribution in [0.2, 0.25) is 0 Å². The lowest BCUT2D eigenvalue weighted by Gasteiger charge is -2.24. The fraction of sp³-hybridized carbons (Fsp3) is 0.250. The molecule has 0 atom stereocenters. The first-order chi connectivity index (χ1) is 15.5. The Morgan fingerprint density at radius 1 is 1.09 bits per heavy atom. The van der Waals surface area contributed by atoms with E-state index in [-0.39, 0.29) is 37.2 Å². The summed E-state index contributed by atoms with van der Waals surface area (Å²) in [5, 5.41) is 0. The number of alkyl halides is 1. The number of hydrogen-bond acceptors (Lipinski definition) is 5. The van der Waals surface area contributed by atoms with Crippen LogP contribution in [0, 0.1) is 5.82 Å². The Morgan fingerprint density at radius 2 is 1.84 bits per heavy atom. The van der Waals surface area contributed by atoms with Crippen LogP contribution in [0.15, 0.2) is 60.8 Å². The minimum atomic E-state index is -0.481. The van der Waals surface area contributed by atoms with E-state index in [0.29, 0.717) is 28.5 Å². The SMILES string of the molecule is COc1ccc(OCCC[18F])c(CN(C(C)=O)c2cccnc2Oc2ccc(F)cc2)c1. The minimum Gasteiger partial charge on any atom is -0.497 e. The summed E-state index contributed by atoms with van der Waals surface area (Å²) >= 11 is 0. The molecule has 0 fully saturated rings. The van der Waals surface area contributed by atoms with Crippen LogP contribution in [0.1, 0.15) is 18.9 Å². The molecule has 0 bridgehead atoms. The third-order valence-corrected chi connectivity index (χ3v) is 4.58. The molecule has 3 aromatic rings.